The highest BCUT2D eigenvalue weighted by atomic mass is 32.2. The highest BCUT2D eigenvalue weighted by Crippen LogP contribution is 2.38. The van der Waals surface area contributed by atoms with Gasteiger partial charge in [-0.2, -0.15) is 4.31 Å². The number of amides is 2. The summed E-state index contributed by atoms with van der Waals surface area (Å²) >= 11 is 0. The van der Waals surface area contributed by atoms with Crippen LogP contribution in [0.15, 0.2) is 77.7 Å². The average molecular weight is 656 g/mol. The largest absolute Gasteiger partial charge is 0.384 e. The van der Waals surface area contributed by atoms with E-state index in [1.807, 2.05) is 48.5 Å². The van der Waals surface area contributed by atoms with Crippen LogP contribution >= 0.6 is 0 Å². The molecule has 1 saturated carbocycles. The number of aromatic nitrogens is 3. The van der Waals surface area contributed by atoms with Gasteiger partial charge in [0.2, 0.25) is 21.8 Å². The van der Waals surface area contributed by atoms with Gasteiger partial charge in [0.1, 0.15) is 18.1 Å². The quantitative estimate of drug-likeness (QED) is 0.271. The molecule has 2 N–H and O–H groups in total. The molecule has 3 atom stereocenters. The van der Waals surface area contributed by atoms with Crippen molar-refractivity contribution < 1.29 is 18.0 Å². The van der Waals surface area contributed by atoms with Crippen LogP contribution in [0.1, 0.15) is 56.9 Å². The fourth-order valence-electron chi connectivity index (χ4n) is 7.42. The molecule has 7 rings (SSSR count). The Hall–Kier alpha value is -4.29. The second-order valence-corrected chi connectivity index (χ2v) is 15.1. The van der Waals surface area contributed by atoms with Gasteiger partial charge in [-0.1, -0.05) is 55.3 Å². The SMILES string of the molecule is C[C@@H]1CCCN(S(=O)(=O)c2ccc(N(C(=O)Cn3nnc4ccccc43)[C@@H](C(=O)NC3CCCC3)[C@@H]3CNc4ccccc43)cc2)C1. The maximum atomic E-state index is 14.6. The Labute approximate surface area is 275 Å². The summed E-state index contributed by atoms with van der Waals surface area (Å²) in [6, 6.07) is 20.9. The Morgan fingerprint density at radius 2 is 1.72 bits per heavy atom. The van der Waals surface area contributed by atoms with Crippen molar-refractivity contribution in [3.05, 3.63) is 78.4 Å². The molecule has 2 amide bonds. The van der Waals surface area contributed by atoms with Crippen LogP contribution in [0.4, 0.5) is 11.4 Å². The zero-order valence-electron chi connectivity index (χ0n) is 26.6. The molecular weight excluding hydrogens is 614 g/mol. The zero-order valence-corrected chi connectivity index (χ0v) is 27.4. The van der Waals surface area contributed by atoms with Crippen molar-refractivity contribution in [1.82, 2.24) is 24.6 Å². The number of carbonyl (C=O) groups is 2. The summed E-state index contributed by atoms with van der Waals surface area (Å²) in [6.45, 7) is 3.36. The van der Waals surface area contributed by atoms with Gasteiger partial charge >= 0.3 is 0 Å². The lowest BCUT2D eigenvalue weighted by molar-refractivity contribution is -0.127. The van der Waals surface area contributed by atoms with Crippen LogP contribution in [0.2, 0.25) is 0 Å². The van der Waals surface area contributed by atoms with Gasteiger partial charge in [0.15, 0.2) is 0 Å². The number of fused-ring (bicyclic) bond motifs is 2. The number of rotatable bonds is 9. The number of hydrogen-bond acceptors (Lipinski definition) is 7. The third kappa shape index (κ3) is 6.23. The van der Waals surface area contributed by atoms with Crippen molar-refractivity contribution in [2.75, 3.05) is 29.9 Å². The molecule has 4 aromatic rings. The molecule has 47 heavy (non-hydrogen) atoms. The van der Waals surface area contributed by atoms with Gasteiger partial charge < -0.3 is 10.6 Å². The number of benzene rings is 3. The van der Waals surface area contributed by atoms with E-state index in [2.05, 4.69) is 27.9 Å². The molecule has 3 aliphatic rings. The number of anilines is 2. The standard InChI is InChI=1S/C35H41N7O4S/c1-24-9-8-20-40(22-24)47(45,46)27-18-16-26(17-19-27)42(33(43)23-41-32-15-7-6-14-31(32)38-39-41)34(35(44)37-25-10-2-3-11-25)29-21-36-30-13-5-4-12-28(29)30/h4-7,12-19,24-25,29,34,36H,2-3,8-11,20-23H2,1H3,(H,37,44)/t24-,29-,34-/m1/s1. The molecular formula is C35H41N7O4S. The van der Waals surface area contributed by atoms with Crippen LogP contribution in [0, 0.1) is 5.92 Å². The third-order valence-corrected chi connectivity index (χ3v) is 11.7. The Morgan fingerprint density at radius 1 is 0.979 bits per heavy atom. The van der Waals surface area contributed by atoms with Gasteiger partial charge in [-0.15, -0.1) is 5.10 Å². The van der Waals surface area contributed by atoms with Gasteiger partial charge in [0, 0.05) is 43.0 Å². The minimum absolute atomic E-state index is 0.0465. The topological polar surface area (TPSA) is 130 Å². The molecule has 0 unspecified atom stereocenters. The first-order valence-corrected chi connectivity index (χ1v) is 18.1. The molecule has 0 spiro atoms. The van der Waals surface area contributed by atoms with Crippen LogP contribution in [-0.2, 0) is 26.2 Å². The molecule has 0 radical (unpaired) electrons. The lowest BCUT2D eigenvalue weighted by atomic mass is 9.90. The lowest BCUT2D eigenvalue weighted by Gasteiger charge is -2.36. The monoisotopic (exact) mass is 655 g/mol. The number of sulfonamides is 1. The number of carbonyl (C=O) groups excluding carboxylic acids is 2. The van der Waals surface area contributed by atoms with Crippen molar-refractivity contribution in [1.29, 1.82) is 0 Å². The summed E-state index contributed by atoms with van der Waals surface area (Å²) in [6.07, 6.45) is 5.74. The Kier molecular flexibility index (Phi) is 8.71. The minimum Gasteiger partial charge on any atom is -0.384 e. The van der Waals surface area contributed by atoms with E-state index in [-0.39, 0.29) is 35.2 Å². The predicted molar refractivity (Wildman–Crippen MR) is 180 cm³/mol. The highest BCUT2D eigenvalue weighted by molar-refractivity contribution is 7.89. The molecule has 2 fully saturated rings. The van der Waals surface area contributed by atoms with Crippen molar-refractivity contribution >= 4 is 44.2 Å². The molecule has 1 aliphatic carbocycles. The molecule has 3 aromatic carbocycles. The summed E-state index contributed by atoms with van der Waals surface area (Å²) in [4.78, 5) is 30.7. The maximum Gasteiger partial charge on any atom is 0.249 e. The third-order valence-electron chi connectivity index (χ3n) is 9.85. The Balaban J connectivity index is 1.29. The summed E-state index contributed by atoms with van der Waals surface area (Å²) in [5.74, 6) is -0.628. The molecule has 11 nitrogen and oxygen atoms in total. The van der Waals surface area contributed by atoms with Crippen molar-refractivity contribution in [3.63, 3.8) is 0 Å². The first kappa shape index (κ1) is 31.3. The summed E-state index contributed by atoms with van der Waals surface area (Å²) in [5, 5.41) is 15.2. The fourth-order valence-corrected chi connectivity index (χ4v) is 9.02. The van der Waals surface area contributed by atoms with E-state index < -0.39 is 16.1 Å². The van der Waals surface area contributed by atoms with E-state index in [0.29, 0.717) is 42.3 Å². The predicted octanol–water partition coefficient (Wildman–Crippen LogP) is 4.52. The molecule has 246 valence electrons. The van der Waals surface area contributed by atoms with E-state index in [4.69, 9.17) is 0 Å². The minimum atomic E-state index is -3.71. The highest BCUT2D eigenvalue weighted by Gasteiger charge is 2.42. The van der Waals surface area contributed by atoms with Gasteiger partial charge in [0.25, 0.3) is 0 Å². The number of para-hydroxylation sites is 2. The fraction of sp³-hybridized carbons (Fsp3) is 0.429. The summed E-state index contributed by atoms with van der Waals surface area (Å²) < 4.78 is 30.3. The van der Waals surface area contributed by atoms with Gasteiger partial charge in [-0.3, -0.25) is 14.5 Å². The smallest absolute Gasteiger partial charge is 0.249 e. The molecule has 0 bridgehead atoms. The van der Waals surface area contributed by atoms with Crippen molar-refractivity contribution in [2.45, 2.75) is 74.9 Å². The second-order valence-electron chi connectivity index (χ2n) is 13.1. The molecule has 2 aliphatic heterocycles. The van der Waals surface area contributed by atoms with E-state index >= 15 is 0 Å². The number of nitrogens with one attached hydrogen (secondary N) is 2. The van der Waals surface area contributed by atoms with E-state index in [1.165, 1.54) is 0 Å². The number of hydrogen-bond donors (Lipinski definition) is 2. The van der Waals surface area contributed by atoms with Gasteiger partial charge in [-0.25, -0.2) is 13.1 Å². The van der Waals surface area contributed by atoms with Crippen LogP contribution in [0.5, 0.6) is 0 Å². The maximum absolute atomic E-state index is 14.6. The first-order valence-electron chi connectivity index (χ1n) is 16.6. The van der Waals surface area contributed by atoms with E-state index in [1.54, 1.807) is 38.2 Å². The van der Waals surface area contributed by atoms with Crippen molar-refractivity contribution in [3.8, 4) is 0 Å². The van der Waals surface area contributed by atoms with Crippen LogP contribution in [-0.4, -0.2) is 71.2 Å². The van der Waals surface area contributed by atoms with Crippen molar-refractivity contribution in [2.24, 2.45) is 5.92 Å². The second kappa shape index (κ2) is 13.1. The zero-order chi connectivity index (χ0) is 32.5. The van der Waals surface area contributed by atoms with Gasteiger partial charge in [-0.05, 0) is 79.6 Å². The Morgan fingerprint density at radius 3 is 2.51 bits per heavy atom. The van der Waals surface area contributed by atoms with Crippen LogP contribution < -0.4 is 15.5 Å². The summed E-state index contributed by atoms with van der Waals surface area (Å²) in [5.41, 5.74) is 3.71. The molecule has 12 heteroatoms. The number of piperidine rings is 1. The molecule has 3 heterocycles. The summed E-state index contributed by atoms with van der Waals surface area (Å²) in [7, 11) is -3.71. The average Bonchev–Trinajstić information content (AvgIpc) is 3.85. The normalized spacial score (nSPS) is 20.9. The molecule has 1 aromatic heterocycles. The molecule has 1 saturated heterocycles. The van der Waals surface area contributed by atoms with E-state index in [9.17, 15) is 18.0 Å². The van der Waals surface area contributed by atoms with Crippen LogP contribution in [0.3, 0.4) is 0 Å². The lowest BCUT2D eigenvalue weighted by Crippen LogP contribution is -2.55. The van der Waals surface area contributed by atoms with Crippen LogP contribution in [0.25, 0.3) is 11.0 Å². The Bertz CT molecular complexity index is 1870. The number of nitrogens with zero attached hydrogens (tertiary/aromatic N) is 5. The van der Waals surface area contributed by atoms with E-state index in [0.717, 1.165) is 49.8 Å². The first-order chi connectivity index (χ1) is 22.8. The van der Waals surface area contributed by atoms with Gasteiger partial charge in [0.05, 0.1) is 10.4 Å².